The van der Waals surface area contributed by atoms with E-state index in [1.54, 1.807) is 0 Å². The first-order chi connectivity index (χ1) is 17.3. The van der Waals surface area contributed by atoms with E-state index in [1.807, 2.05) is 42.0 Å². The van der Waals surface area contributed by atoms with Crippen LogP contribution in [0.5, 0.6) is 0 Å². The van der Waals surface area contributed by atoms with Crippen LogP contribution in [0.15, 0.2) is 77.8 Å². The molecule has 0 radical (unpaired) electrons. The Morgan fingerprint density at radius 2 is 1.58 bits per heavy atom. The van der Waals surface area contributed by atoms with Crippen molar-refractivity contribution in [3.63, 3.8) is 0 Å². The molecule has 0 atom stereocenters. The maximum Gasteiger partial charge on any atom is 0.356 e. The molecule has 36 heavy (non-hydrogen) atoms. The highest BCUT2D eigenvalue weighted by Gasteiger charge is 2.20. The molecule has 3 aromatic rings. The molecule has 1 aromatic heterocycles. The van der Waals surface area contributed by atoms with Crippen molar-refractivity contribution >= 4 is 27.8 Å². The third kappa shape index (κ3) is 7.47. The van der Waals surface area contributed by atoms with Crippen LogP contribution in [0.25, 0.3) is 0 Å². The summed E-state index contributed by atoms with van der Waals surface area (Å²) in [5, 5.41) is 2.81. The molecule has 1 heterocycles. The maximum absolute atomic E-state index is 12.6. The van der Waals surface area contributed by atoms with Gasteiger partial charge in [0.15, 0.2) is 0 Å². The smallest absolute Gasteiger partial charge is 0.356 e. The zero-order chi connectivity index (χ0) is 26.0. The molecule has 0 saturated heterocycles. The topological polar surface area (TPSA) is 132 Å². The molecule has 9 nitrogen and oxygen atoms in total. The Morgan fingerprint density at radius 1 is 0.889 bits per heavy atom. The molecule has 0 aliphatic heterocycles. The van der Waals surface area contributed by atoms with Gasteiger partial charge in [-0.15, -0.1) is 0 Å². The monoisotopic (exact) mass is 509 g/mol. The molecule has 2 amide bonds. The number of hydrogen-bond donors (Lipinski definition) is 2. The number of benzene rings is 2. The molecule has 0 bridgehead atoms. The van der Waals surface area contributed by atoms with Crippen molar-refractivity contribution in [2.45, 2.75) is 31.1 Å². The van der Waals surface area contributed by atoms with Crippen LogP contribution in [0, 0.1) is 0 Å². The third-order valence-corrected chi connectivity index (χ3v) is 6.44. The fourth-order valence-corrected chi connectivity index (χ4v) is 4.16. The Kier molecular flexibility index (Phi) is 9.29. The zero-order valence-electron chi connectivity index (χ0n) is 19.8. The molecule has 10 heteroatoms. The van der Waals surface area contributed by atoms with Crippen LogP contribution in [-0.4, -0.2) is 44.3 Å². The summed E-state index contributed by atoms with van der Waals surface area (Å²) < 4.78 is 32.1. The Balaban J connectivity index is 1.53. The van der Waals surface area contributed by atoms with Gasteiger partial charge in [0, 0.05) is 18.3 Å². The van der Waals surface area contributed by atoms with E-state index in [0.717, 1.165) is 19.0 Å². The molecular formula is C26H27N3O6S. The van der Waals surface area contributed by atoms with E-state index in [-0.39, 0.29) is 28.7 Å². The van der Waals surface area contributed by atoms with Gasteiger partial charge >= 0.3 is 5.97 Å². The highest BCUT2D eigenvalue weighted by atomic mass is 32.2. The highest BCUT2D eigenvalue weighted by Crippen LogP contribution is 2.12. The van der Waals surface area contributed by atoms with Gasteiger partial charge in [0.05, 0.1) is 17.1 Å². The van der Waals surface area contributed by atoms with Crippen LogP contribution in [-0.2, 0) is 21.2 Å². The Hall–Kier alpha value is -4.05. The summed E-state index contributed by atoms with van der Waals surface area (Å²) in [5.41, 5.74) is 1.45. The van der Waals surface area contributed by atoms with Crippen LogP contribution in [0.1, 0.15) is 56.5 Å². The first kappa shape index (κ1) is 26.6. The first-order valence-corrected chi connectivity index (χ1v) is 12.9. The fourth-order valence-electron chi connectivity index (χ4n) is 3.18. The first-order valence-electron chi connectivity index (χ1n) is 11.4. The Labute approximate surface area is 210 Å². The van der Waals surface area contributed by atoms with Gasteiger partial charge in [-0.2, -0.15) is 0 Å². The van der Waals surface area contributed by atoms with Crippen LogP contribution in [0.2, 0.25) is 0 Å². The molecule has 0 fully saturated rings. The molecule has 2 N–H and O–H groups in total. The average molecular weight is 510 g/mol. The van der Waals surface area contributed by atoms with Gasteiger partial charge in [-0.05, 0) is 61.2 Å². The van der Waals surface area contributed by atoms with E-state index in [9.17, 15) is 22.8 Å². The Bertz CT molecular complexity index is 1290. The van der Waals surface area contributed by atoms with Crippen LogP contribution >= 0.6 is 0 Å². The van der Waals surface area contributed by atoms with E-state index in [4.69, 9.17) is 4.74 Å². The van der Waals surface area contributed by atoms with E-state index in [1.165, 1.54) is 42.0 Å². The second kappa shape index (κ2) is 12.6. The van der Waals surface area contributed by atoms with Crippen LogP contribution in [0.3, 0.4) is 0 Å². The van der Waals surface area contributed by atoms with Gasteiger partial charge in [0.2, 0.25) is 0 Å². The number of ether oxygens (including phenoxy) is 1. The predicted molar refractivity (Wildman–Crippen MR) is 133 cm³/mol. The second-order valence-corrected chi connectivity index (χ2v) is 9.55. The molecule has 0 unspecified atom stereocenters. The van der Waals surface area contributed by atoms with Crippen molar-refractivity contribution in [2.24, 2.45) is 0 Å². The number of rotatable bonds is 11. The van der Waals surface area contributed by atoms with Crippen molar-refractivity contribution < 1.29 is 27.5 Å². The van der Waals surface area contributed by atoms with Gasteiger partial charge in [-0.1, -0.05) is 37.3 Å². The summed E-state index contributed by atoms with van der Waals surface area (Å²) >= 11 is 0. The minimum atomic E-state index is -4.19. The van der Waals surface area contributed by atoms with Gasteiger partial charge in [-0.3, -0.25) is 9.59 Å². The number of nitrogens with zero attached hydrogens (tertiary/aromatic N) is 1. The van der Waals surface area contributed by atoms with Crippen LogP contribution < -0.4 is 10.0 Å². The maximum atomic E-state index is 12.6. The van der Waals surface area contributed by atoms with Gasteiger partial charge in [0.1, 0.15) is 5.69 Å². The molecule has 3 rings (SSSR count). The largest absolute Gasteiger partial charge is 0.461 e. The van der Waals surface area contributed by atoms with Crippen molar-refractivity contribution in [3.8, 4) is 0 Å². The summed E-state index contributed by atoms with van der Waals surface area (Å²) in [7, 11) is -4.19. The summed E-state index contributed by atoms with van der Waals surface area (Å²) in [6.07, 6.45) is 3.35. The van der Waals surface area contributed by atoms with E-state index >= 15 is 0 Å². The number of esters is 1. The van der Waals surface area contributed by atoms with Gasteiger partial charge in [-0.25, -0.2) is 22.9 Å². The quantitative estimate of drug-likeness (QED) is 0.300. The number of carbonyl (C=O) groups excluding carboxylic acids is 3. The summed E-state index contributed by atoms with van der Waals surface area (Å²) in [6.45, 7) is 2.58. The number of pyridine rings is 1. The SMILES string of the molecule is CCCOC(=O)c1ccc(C(=O)NS(=O)(=O)c2ccc(C(=O)NCCCc3ccccc3)cc2)cn1. The van der Waals surface area contributed by atoms with E-state index in [0.29, 0.717) is 18.5 Å². The number of carbonyl (C=O) groups is 3. The van der Waals surface area contributed by atoms with Crippen molar-refractivity contribution in [3.05, 3.63) is 95.3 Å². The molecule has 2 aromatic carbocycles. The minimum Gasteiger partial charge on any atom is -0.461 e. The molecule has 0 saturated carbocycles. The predicted octanol–water partition coefficient (Wildman–Crippen LogP) is 3.13. The normalized spacial score (nSPS) is 10.9. The number of sulfonamides is 1. The van der Waals surface area contributed by atoms with Crippen molar-refractivity contribution in [1.29, 1.82) is 0 Å². The van der Waals surface area contributed by atoms with E-state index < -0.39 is 21.9 Å². The number of aryl methyl sites for hydroxylation is 1. The molecule has 0 aliphatic rings. The summed E-state index contributed by atoms with van der Waals surface area (Å²) in [4.78, 5) is 40.2. The molecule has 188 valence electrons. The van der Waals surface area contributed by atoms with Crippen molar-refractivity contribution in [1.82, 2.24) is 15.0 Å². The summed E-state index contributed by atoms with van der Waals surface area (Å²) in [6, 6.07) is 17.7. The van der Waals surface area contributed by atoms with Gasteiger partial charge in [0.25, 0.3) is 21.8 Å². The fraction of sp³-hybridized carbons (Fsp3) is 0.231. The Morgan fingerprint density at radius 3 is 2.22 bits per heavy atom. The second-order valence-electron chi connectivity index (χ2n) is 7.87. The zero-order valence-corrected chi connectivity index (χ0v) is 20.6. The molecule has 0 spiro atoms. The number of nitrogens with one attached hydrogen (secondary N) is 2. The van der Waals surface area contributed by atoms with Gasteiger partial charge < -0.3 is 10.1 Å². The van der Waals surface area contributed by atoms with Crippen molar-refractivity contribution in [2.75, 3.05) is 13.2 Å². The van der Waals surface area contributed by atoms with E-state index in [2.05, 4.69) is 10.3 Å². The molecule has 0 aliphatic carbocycles. The lowest BCUT2D eigenvalue weighted by Crippen LogP contribution is -2.31. The number of aromatic nitrogens is 1. The number of hydrogen-bond acceptors (Lipinski definition) is 7. The van der Waals surface area contributed by atoms with Crippen LogP contribution in [0.4, 0.5) is 0 Å². The number of amides is 2. The lowest BCUT2D eigenvalue weighted by molar-refractivity contribution is 0.0497. The standard InChI is InChI=1S/C26H27N3O6S/c1-2-17-35-26(32)23-15-12-21(18-28-23)25(31)29-36(33,34)22-13-10-20(11-14-22)24(30)27-16-6-9-19-7-4-3-5-8-19/h3-5,7-8,10-15,18H,2,6,9,16-17H2,1H3,(H,27,30)(H,29,31). The summed E-state index contributed by atoms with van der Waals surface area (Å²) in [5.74, 6) is -1.85. The lowest BCUT2D eigenvalue weighted by atomic mass is 10.1. The lowest BCUT2D eigenvalue weighted by Gasteiger charge is -2.09. The highest BCUT2D eigenvalue weighted by molar-refractivity contribution is 7.90. The average Bonchev–Trinajstić information content (AvgIpc) is 2.90. The minimum absolute atomic E-state index is 0.0109. The third-order valence-electron chi connectivity index (χ3n) is 5.10. The molecular weight excluding hydrogens is 482 g/mol.